The van der Waals surface area contributed by atoms with E-state index in [0.717, 1.165) is 0 Å². The number of ketones is 1. The Morgan fingerprint density at radius 1 is 1.27 bits per heavy atom. The van der Waals surface area contributed by atoms with E-state index in [4.69, 9.17) is 9.47 Å². The number of nitrogens with one attached hydrogen (secondary N) is 1. The maximum absolute atomic E-state index is 11.4. The highest BCUT2D eigenvalue weighted by molar-refractivity contribution is 5.96. The van der Waals surface area contributed by atoms with Crippen molar-refractivity contribution in [3.63, 3.8) is 0 Å². The van der Waals surface area contributed by atoms with E-state index < -0.39 is 0 Å². The van der Waals surface area contributed by atoms with Crippen LogP contribution in [0.1, 0.15) is 19.5 Å². The van der Waals surface area contributed by atoms with Crippen LogP contribution in [0.5, 0.6) is 0 Å². The Morgan fingerprint density at radius 3 is 2.77 bits per heavy atom. The monoisotopic (exact) mass is 310 g/mol. The van der Waals surface area contributed by atoms with Crippen molar-refractivity contribution in [1.29, 1.82) is 0 Å². The normalized spacial score (nSPS) is 11.0. The summed E-state index contributed by atoms with van der Waals surface area (Å²) >= 11 is 0. The lowest BCUT2D eigenvalue weighted by Gasteiger charge is -2.03. The summed E-state index contributed by atoms with van der Waals surface area (Å²) < 4.78 is 12.2. The zero-order valence-electron chi connectivity index (χ0n) is 12.9. The molecule has 0 unspecified atom stereocenters. The first-order valence-corrected chi connectivity index (χ1v) is 7.12. The first kappa shape index (κ1) is 18.0. The molecule has 1 heterocycles. The van der Waals surface area contributed by atoms with Gasteiger partial charge in [-0.25, -0.2) is 4.68 Å². The molecule has 0 atom stereocenters. The molecule has 0 radical (unpaired) electrons. The quantitative estimate of drug-likeness (QED) is 0.460. The fraction of sp³-hybridized carbons (Fsp3) is 0.571. The fourth-order valence-corrected chi connectivity index (χ4v) is 1.48. The van der Waals surface area contributed by atoms with Crippen LogP contribution in [0.25, 0.3) is 0 Å². The third-order valence-electron chi connectivity index (χ3n) is 2.54. The van der Waals surface area contributed by atoms with Crippen LogP contribution in [0.3, 0.4) is 0 Å². The van der Waals surface area contributed by atoms with Crippen molar-refractivity contribution < 1.29 is 19.1 Å². The molecule has 1 aromatic rings. The van der Waals surface area contributed by atoms with E-state index in [0.29, 0.717) is 38.7 Å². The molecule has 1 aromatic heterocycles. The van der Waals surface area contributed by atoms with Crippen molar-refractivity contribution in [2.24, 2.45) is 0 Å². The molecule has 1 amide bonds. The number of carbonyl (C=O) groups excluding carboxylic acids is 2. The largest absolute Gasteiger partial charge is 0.379 e. The maximum Gasteiger partial charge on any atom is 0.244 e. The Morgan fingerprint density at radius 2 is 2.05 bits per heavy atom. The van der Waals surface area contributed by atoms with Crippen LogP contribution < -0.4 is 5.32 Å². The number of nitrogens with zero attached hydrogens (tertiary/aromatic N) is 3. The molecule has 0 bridgehead atoms. The van der Waals surface area contributed by atoms with Crippen molar-refractivity contribution in [2.45, 2.75) is 26.9 Å². The number of rotatable bonds is 11. The topological polar surface area (TPSA) is 95.3 Å². The maximum atomic E-state index is 11.4. The average molecular weight is 310 g/mol. The van der Waals surface area contributed by atoms with Crippen LogP contribution in [0.4, 0.5) is 0 Å². The second-order valence-electron chi connectivity index (χ2n) is 4.44. The molecule has 0 saturated carbocycles. The van der Waals surface area contributed by atoms with Crippen molar-refractivity contribution in [2.75, 3.05) is 26.4 Å². The molecule has 8 nitrogen and oxygen atoms in total. The first-order chi connectivity index (χ1) is 10.6. The van der Waals surface area contributed by atoms with Crippen LogP contribution in [0.2, 0.25) is 0 Å². The van der Waals surface area contributed by atoms with E-state index in [-0.39, 0.29) is 18.2 Å². The van der Waals surface area contributed by atoms with Crippen molar-refractivity contribution in [3.8, 4) is 0 Å². The Balaban J connectivity index is 2.21. The van der Waals surface area contributed by atoms with Gasteiger partial charge in [0.2, 0.25) is 5.91 Å². The molecule has 8 heteroatoms. The molecule has 0 aromatic carbocycles. The number of allylic oxidation sites excluding steroid dienone is 1. The summed E-state index contributed by atoms with van der Waals surface area (Å²) in [5, 5.41) is 10.5. The molecular weight excluding hydrogens is 288 g/mol. The van der Waals surface area contributed by atoms with Crippen LogP contribution in [0, 0.1) is 0 Å². The molecule has 0 aliphatic rings. The molecule has 0 aliphatic carbocycles. The van der Waals surface area contributed by atoms with Crippen LogP contribution in [-0.2, 0) is 32.2 Å². The van der Waals surface area contributed by atoms with Gasteiger partial charge in [0.05, 0.1) is 39.1 Å². The van der Waals surface area contributed by atoms with E-state index >= 15 is 0 Å². The number of carbonyl (C=O) groups is 2. The van der Waals surface area contributed by atoms with Gasteiger partial charge in [-0.05, 0) is 19.9 Å². The number of aromatic nitrogens is 3. The molecule has 22 heavy (non-hydrogen) atoms. The highest BCUT2D eigenvalue weighted by Crippen LogP contribution is 1.93. The lowest BCUT2D eigenvalue weighted by molar-refractivity contribution is -0.117. The highest BCUT2D eigenvalue weighted by Gasteiger charge is 2.02. The zero-order valence-corrected chi connectivity index (χ0v) is 12.9. The average Bonchev–Trinajstić information content (AvgIpc) is 2.94. The Hall–Kier alpha value is -2.06. The van der Waals surface area contributed by atoms with Crippen LogP contribution in [0.15, 0.2) is 18.3 Å². The van der Waals surface area contributed by atoms with Gasteiger partial charge in [0.25, 0.3) is 0 Å². The van der Waals surface area contributed by atoms with Gasteiger partial charge in [-0.15, -0.1) is 5.10 Å². The fourth-order valence-electron chi connectivity index (χ4n) is 1.48. The second kappa shape index (κ2) is 10.6. The van der Waals surface area contributed by atoms with E-state index in [9.17, 15) is 9.59 Å². The molecule has 122 valence electrons. The molecule has 0 aliphatic heterocycles. The Bertz CT molecular complexity index is 499. The van der Waals surface area contributed by atoms with Crippen molar-refractivity contribution in [1.82, 2.24) is 20.3 Å². The third-order valence-corrected chi connectivity index (χ3v) is 2.54. The summed E-state index contributed by atoms with van der Waals surface area (Å²) in [7, 11) is 0. The van der Waals surface area contributed by atoms with Crippen LogP contribution >= 0.6 is 0 Å². The number of ether oxygens (including phenoxy) is 2. The summed E-state index contributed by atoms with van der Waals surface area (Å²) in [5.41, 5.74) is 0.638. The highest BCUT2D eigenvalue weighted by atomic mass is 16.5. The predicted molar refractivity (Wildman–Crippen MR) is 79.0 cm³/mol. The number of hydrogen-bond donors (Lipinski definition) is 1. The third kappa shape index (κ3) is 8.28. The van der Waals surface area contributed by atoms with Crippen LogP contribution in [-0.4, -0.2) is 53.1 Å². The van der Waals surface area contributed by atoms with E-state index in [1.165, 1.54) is 19.1 Å². The summed E-state index contributed by atoms with van der Waals surface area (Å²) in [6, 6.07) is 0. The van der Waals surface area contributed by atoms with E-state index in [1.807, 2.05) is 6.92 Å². The minimum atomic E-state index is -0.344. The predicted octanol–water partition coefficient (Wildman–Crippen LogP) is 0.0926. The second-order valence-corrected chi connectivity index (χ2v) is 4.44. The smallest absolute Gasteiger partial charge is 0.244 e. The lowest BCUT2D eigenvalue weighted by Crippen LogP contribution is -2.20. The van der Waals surface area contributed by atoms with Crippen molar-refractivity contribution in [3.05, 3.63) is 24.0 Å². The summed E-state index contributed by atoms with van der Waals surface area (Å²) in [4.78, 5) is 22.1. The molecular formula is C14H22N4O4. The van der Waals surface area contributed by atoms with Crippen molar-refractivity contribution >= 4 is 11.7 Å². The molecule has 1 N–H and O–H groups in total. The van der Waals surface area contributed by atoms with E-state index in [1.54, 1.807) is 10.9 Å². The van der Waals surface area contributed by atoms with E-state index in [2.05, 4.69) is 15.6 Å². The van der Waals surface area contributed by atoms with Gasteiger partial charge < -0.3 is 14.8 Å². The zero-order chi connectivity index (χ0) is 16.2. The first-order valence-electron chi connectivity index (χ1n) is 7.12. The van der Waals surface area contributed by atoms with Gasteiger partial charge in [0.15, 0.2) is 5.78 Å². The Labute approximate surface area is 129 Å². The standard InChI is InChI=1S/C14H22N4O4/c1-3-21-8-9-22-7-6-18-11-13(16-17-18)10-15-14(20)5-4-12(2)19/h4-5,11H,3,6-10H2,1-2H3,(H,15,20)/b5-4+. The summed E-state index contributed by atoms with van der Waals surface area (Å²) in [6.07, 6.45) is 4.14. The molecule has 0 fully saturated rings. The molecule has 0 spiro atoms. The van der Waals surface area contributed by atoms with Gasteiger partial charge in [0, 0.05) is 12.7 Å². The Kier molecular flexibility index (Phi) is 8.70. The number of amides is 1. The molecule has 1 rings (SSSR count). The van der Waals surface area contributed by atoms with Gasteiger partial charge in [0.1, 0.15) is 5.69 Å². The minimum Gasteiger partial charge on any atom is -0.379 e. The lowest BCUT2D eigenvalue weighted by atomic mass is 10.3. The summed E-state index contributed by atoms with van der Waals surface area (Å²) in [6.45, 7) is 6.49. The molecule has 0 saturated heterocycles. The van der Waals surface area contributed by atoms with Gasteiger partial charge >= 0.3 is 0 Å². The van der Waals surface area contributed by atoms with Gasteiger partial charge in [-0.1, -0.05) is 5.21 Å². The van der Waals surface area contributed by atoms with Gasteiger partial charge in [-0.2, -0.15) is 0 Å². The summed E-state index contributed by atoms with van der Waals surface area (Å²) in [5.74, 6) is -0.519. The SMILES string of the molecule is CCOCCOCCn1cc(CNC(=O)/C=C/C(C)=O)nn1. The van der Waals surface area contributed by atoms with Gasteiger partial charge in [-0.3, -0.25) is 9.59 Å². The minimum absolute atomic E-state index is 0.176. The number of hydrogen-bond acceptors (Lipinski definition) is 6.